The maximum atomic E-state index is 13.8. The summed E-state index contributed by atoms with van der Waals surface area (Å²) >= 11 is 9.62. The molecule has 0 saturated heterocycles. The summed E-state index contributed by atoms with van der Waals surface area (Å²) in [5, 5.41) is 4.75. The number of carbonyl (C=O) groups is 2. The SMILES string of the molecule is O=C(NC1(C(=O)NCCC(F)(F)F)CC1)c1ccc(/C=C/C(c2cc(Br)cc(Br)c2)C(F)(F)F)cc1Br. The Morgan fingerprint density at radius 1 is 0.973 bits per heavy atom. The fourth-order valence-corrected chi connectivity index (χ4v) is 5.40. The molecule has 1 unspecified atom stereocenters. The zero-order valence-electron chi connectivity index (χ0n) is 18.7. The Kier molecular flexibility index (Phi) is 9.22. The number of rotatable bonds is 8. The molecule has 2 N–H and O–H groups in total. The van der Waals surface area contributed by atoms with Gasteiger partial charge in [0.05, 0.1) is 17.9 Å². The summed E-state index contributed by atoms with van der Waals surface area (Å²) in [5.41, 5.74) is -0.741. The molecule has 0 aliphatic heterocycles. The zero-order chi connectivity index (χ0) is 27.6. The molecule has 0 spiro atoms. The molecule has 4 nitrogen and oxygen atoms in total. The number of allylic oxidation sites excluding steroid dienone is 1. The van der Waals surface area contributed by atoms with Crippen LogP contribution < -0.4 is 10.6 Å². The van der Waals surface area contributed by atoms with E-state index in [1.807, 2.05) is 0 Å². The fraction of sp³-hybridized carbons (Fsp3) is 0.333. The Hall–Kier alpha value is -1.86. The van der Waals surface area contributed by atoms with Gasteiger partial charge in [-0.25, -0.2) is 0 Å². The standard InChI is InChI=1S/C24H19Br3F6N2O2/c25-15-10-14(11-16(26)12-15)18(24(31,32)33)4-2-13-1-3-17(19(27)9-13)20(36)35-22(5-6-22)21(37)34-8-7-23(28,29)30/h1-4,9-12,18H,5-8H2,(H,34,37)(H,35,36)/b4-2+. The van der Waals surface area contributed by atoms with E-state index >= 15 is 0 Å². The molecule has 2 aromatic rings. The van der Waals surface area contributed by atoms with E-state index in [2.05, 4.69) is 58.4 Å². The second-order valence-corrected chi connectivity index (χ2v) is 11.2. The molecule has 1 atom stereocenters. The van der Waals surface area contributed by atoms with Crippen molar-refractivity contribution in [2.75, 3.05) is 6.54 Å². The Balaban J connectivity index is 1.71. The number of amides is 2. The number of carbonyl (C=O) groups excluding carboxylic acids is 2. The highest BCUT2D eigenvalue weighted by atomic mass is 79.9. The zero-order valence-corrected chi connectivity index (χ0v) is 23.5. The lowest BCUT2D eigenvalue weighted by molar-refractivity contribution is -0.139. The highest BCUT2D eigenvalue weighted by Crippen LogP contribution is 2.39. The average Bonchev–Trinajstić information content (AvgIpc) is 3.52. The monoisotopic (exact) mass is 718 g/mol. The van der Waals surface area contributed by atoms with Crippen LogP contribution in [0, 0.1) is 0 Å². The summed E-state index contributed by atoms with van der Waals surface area (Å²) in [6.07, 6.45) is -7.29. The van der Waals surface area contributed by atoms with Crippen LogP contribution in [-0.4, -0.2) is 36.3 Å². The minimum Gasteiger partial charge on any atom is -0.354 e. The van der Waals surface area contributed by atoms with Gasteiger partial charge in [-0.1, -0.05) is 50.1 Å². The van der Waals surface area contributed by atoms with E-state index in [0.717, 1.165) is 6.08 Å². The largest absolute Gasteiger partial charge is 0.399 e. The van der Waals surface area contributed by atoms with Crippen LogP contribution in [0.15, 0.2) is 55.9 Å². The van der Waals surface area contributed by atoms with Crippen molar-refractivity contribution in [3.05, 3.63) is 72.6 Å². The summed E-state index contributed by atoms with van der Waals surface area (Å²) in [4.78, 5) is 25.0. The van der Waals surface area contributed by atoms with E-state index in [0.29, 0.717) is 14.5 Å². The lowest BCUT2D eigenvalue weighted by Gasteiger charge is -2.19. The van der Waals surface area contributed by atoms with E-state index in [1.54, 1.807) is 6.07 Å². The third-order valence-corrected chi connectivity index (χ3v) is 7.12. The van der Waals surface area contributed by atoms with Crippen LogP contribution in [0.4, 0.5) is 26.3 Å². The van der Waals surface area contributed by atoms with Crippen LogP contribution in [0.2, 0.25) is 0 Å². The van der Waals surface area contributed by atoms with Crippen LogP contribution in [0.5, 0.6) is 0 Å². The molecule has 13 heteroatoms. The lowest BCUT2D eigenvalue weighted by atomic mass is 9.97. The molecule has 1 saturated carbocycles. The first kappa shape index (κ1) is 29.7. The van der Waals surface area contributed by atoms with Gasteiger partial charge < -0.3 is 10.6 Å². The Morgan fingerprint density at radius 3 is 2.11 bits per heavy atom. The maximum Gasteiger partial charge on any atom is 0.399 e. The number of alkyl halides is 6. The molecule has 0 bridgehead atoms. The molecule has 0 heterocycles. The molecule has 200 valence electrons. The van der Waals surface area contributed by atoms with Crippen molar-refractivity contribution in [3.63, 3.8) is 0 Å². The summed E-state index contributed by atoms with van der Waals surface area (Å²) in [5.74, 6) is -3.22. The number of halogens is 9. The predicted molar refractivity (Wildman–Crippen MR) is 137 cm³/mol. The highest BCUT2D eigenvalue weighted by Gasteiger charge is 2.51. The van der Waals surface area contributed by atoms with E-state index in [1.165, 1.54) is 36.4 Å². The topological polar surface area (TPSA) is 58.2 Å². The summed E-state index contributed by atoms with van der Waals surface area (Å²) < 4.78 is 79.4. The van der Waals surface area contributed by atoms with Crippen LogP contribution in [0.25, 0.3) is 6.08 Å². The van der Waals surface area contributed by atoms with Crippen molar-refractivity contribution in [2.24, 2.45) is 0 Å². The highest BCUT2D eigenvalue weighted by molar-refractivity contribution is 9.11. The molecule has 3 rings (SSSR count). The molecule has 2 amide bonds. The van der Waals surface area contributed by atoms with E-state index in [4.69, 9.17) is 0 Å². The van der Waals surface area contributed by atoms with Gasteiger partial charge in [0.2, 0.25) is 5.91 Å². The Labute approximate surface area is 233 Å². The summed E-state index contributed by atoms with van der Waals surface area (Å²) in [7, 11) is 0. The second kappa shape index (κ2) is 11.5. The number of benzene rings is 2. The van der Waals surface area contributed by atoms with Gasteiger partial charge in [0.25, 0.3) is 5.91 Å². The fourth-order valence-electron chi connectivity index (χ4n) is 3.50. The van der Waals surface area contributed by atoms with Gasteiger partial charge in [0, 0.05) is 20.0 Å². The minimum absolute atomic E-state index is 0.0308. The molecule has 0 radical (unpaired) electrons. The molecule has 2 aromatic carbocycles. The van der Waals surface area contributed by atoms with E-state index < -0.39 is 48.6 Å². The first-order valence-corrected chi connectivity index (χ1v) is 13.2. The normalized spacial score (nSPS) is 15.9. The van der Waals surface area contributed by atoms with Gasteiger partial charge in [0.1, 0.15) is 5.54 Å². The van der Waals surface area contributed by atoms with Gasteiger partial charge in [-0.2, -0.15) is 26.3 Å². The van der Waals surface area contributed by atoms with E-state index in [9.17, 15) is 35.9 Å². The molecule has 1 aliphatic rings. The average molecular weight is 721 g/mol. The minimum atomic E-state index is -4.55. The lowest BCUT2D eigenvalue weighted by Crippen LogP contribution is -2.49. The molecule has 1 aliphatic carbocycles. The third kappa shape index (κ3) is 8.31. The second-order valence-electron chi connectivity index (χ2n) is 8.48. The number of nitrogens with one attached hydrogen (secondary N) is 2. The van der Waals surface area contributed by atoms with Crippen LogP contribution in [-0.2, 0) is 4.79 Å². The van der Waals surface area contributed by atoms with Gasteiger partial charge in [0.15, 0.2) is 0 Å². The van der Waals surface area contributed by atoms with Gasteiger partial charge in [-0.05, 0) is 70.2 Å². The van der Waals surface area contributed by atoms with Crippen molar-refractivity contribution in [1.29, 1.82) is 0 Å². The van der Waals surface area contributed by atoms with Crippen LogP contribution in [0.3, 0.4) is 0 Å². The smallest absolute Gasteiger partial charge is 0.354 e. The predicted octanol–water partition coefficient (Wildman–Crippen LogP) is 7.66. The number of hydrogen-bond donors (Lipinski definition) is 2. The third-order valence-electron chi connectivity index (χ3n) is 5.55. The van der Waals surface area contributed by atoms with Crippen LogP contribution in [0.1, 0.15) is 46.7 Å². The molecular weight excluding hydrogens is 702 g/mol. The van der Waals surface area contributed by atoms with Crippen LogP contribution >= 0.6 is 47.8 Å². The molecule has 1 fully saturated rings. The van der Waals surface area contributed by atoms with Crippen molar-refractivity contribution in [2.45, 2.75) is 43.1 Å². The van der Waals surface area contributed by atoms with Gasteiger partial charge in [-0.3, -0.25) is 9.59 Å². The van der Waals surface area contributed by atoms with Crippen molar-refractivity contribution < 1.29 is 35.9 Å². The first-order valence-electron chi connectivity index (χ1n) is 10.8. The quantitative estimate of drug-likeness (QED) is 0.275. The summed E-state index contributed by atoms with van der Waals surface area (Å²) in [6.45, 7) is -0.597. The van der Waals surface area contributed by atoms with Gasteiger partial charge in [-0.15, -0.1) is 0 Å². The molecular formula is C24H19Br3F6N2O2. The van der Waals surface area contributed by atoms with Crippen molar-refractivity contribution >= 4 is 65.7 Å². The number of hydrogen-bond acceptors (Lipinski definition) is 2. The first-order chi connectivity index (χ1) is 17.1. The Morgan fingerprint density at radius 2 is 1.59 bits per heavy atom. The summed E-state index contributed by atoms with van der Waals surface area (Å²) in [6, 6.07) is 8.67. The van der Waals surface area contributed by atoms with Crippen molar-refractivity contribution in [1.82, 2.24) is 10.6 Å². The van der Waals surface area contributed by atoms with Crippen molar-refractivity contribution in [3.8, 4) is 0 Å². The maximum absolute atomic E-state index is 13.8. The van der Waals surface area contributed by atoms with E-state index in [-0.39, 0.29) is 28.4 Å². The van der Waals surface area contributed by atoms with Gasteiger partial charge >= 0.3 is 12.4 Å². The molecule has 37 heavy (non-hydrogen) atoms. The molecule has 0 aromatic heterocycles. The Bertz CT molecular complexity index is 1190.